The summed E-state index contributed by atoms with van der Waals surface area (Å²) in [5, 5.41) is 7.59. The number of hydrogen-bond donors (Lipinski definition) is 3. The SMILES string of the molecule is CC(C)(C)OC(=O)CC[C@@H](NC(=O)[C@@H](CNC(=O)OCC1c2ccccc2-c2ccccc21)NC(=O)OC(C)(C)C)C(=O)OCc1ccccc1. The number of carbonyl (C=O) groups excluding carboxylic acids is 5. The number of hydrogen-bond acceptors (Lipinski definition) is 9. The molecule has 0 unspecified atom stereocenters. The molecule has 0 heterocycles. The van der Waals surface area contributed by atoms with Gasteiger partial charge in [-0.1, -0.05) is 78.9 Å². The second kappa shape index (κ2) is 17.0. The van der Waals surface area contributed by atoms with Crippen LogP contribution in [-0.2, 0) is 39.9 Å². The summed E-state index contributed by atoms with van der Waals surface area (Å²) < 4.78 is 21.8. The highest BCUT2D eigenvalue weighted by atomic mass is 16.6. The van der Waals surface area contributed by atoms with E-state index in [2.05, 4.69) is 16.0 Å². The van der Waals surface area contributed by atoms with Crippen molar-refractivity contribution in [2.24, 2.45) is 0 Å². The molecule has 3 amide bonds. The van der Waals surface area contributed by atoms with E-state index in [1.165, 1.54) is 0 Å². The van der Waals surface area contributed by atoms with Crippen LogP contribution in [0.4, 0.5) is 9.59 Å². The van der Waals surface area contributed by atoms with Crippen LogP contribution >= 0.6 is 0 Å². The minimum atomic E-state index is -1.40. The maximum Gasteiger partial charge on any atom is 0.408 e. The van der Waals surface area contributed by atoms with Crippen molar-refractivity contribution in [3.05, 3.63) is 95.6 Å². The van der Waals surface area contributed by atoms with E-state index >= 15 is 0 Å². The molecule has 3 aromatic carbocycles. The summed E-state index contributed by atoms with van der Waals surface area (Å²) in [6.07, 6.45) is -2.09. The molecule has 2 atom stereocenters. The zero-order chi connectivity index (χ0) is 37.2. The number of amides is 3. The Morgan fingerprint density at radius 3 is 1.82 bits per heavy atom. The minimum Gasteiger partial charge on any atom is -0.460 e. The van der Waals surface area contributed by atoms with E-state index in [1.807, 2.05) is 54.6 Å². The molecule has 0 aromatic heterocycles. The lowest BCUT2D eigenvalue weighted by molar-refractivity contribution is -0.156. The van der Waals surface area contributed by atoms with Crippen LogP contribution in [0.25, 0.3) is 11.1 Å². The molecule has 12 heteroatoms. The second-order valence-corrected chi connectivity index (χ2v) is 14.2. The van der Waals surface area contributed by atoms with Crippen LogP contribution in [0, 0.1) is 0 Å². The molecule has 0 saturated carbocycles. The molecule has 272 valence electrons. The maximum absolute atomic E-state index is 13.7. The van der Waals surface area contributed by atoms with Crippen molar-refractivity contribution >= 4 is 30.0 Å². The van der Waals surface area contributed by atoms with E-state index in [0.29, 0.717) is 0 Å². The summed E-state index contributed by atoms with van der Waals surface area (Å²) in [4.78, 5) is 65.2. The molecule has 1 aliphatic carbocycles. The first-order valence-electron chi connectivity index (χ1n) is 16.9. The number of fused-ring (bicyclic) bond motifs is 3. The molecular weight excluding hydrogens is 654 g/mol. The number of alkyl carbamates (subject to hydrolysis) is 2. The van der Waals surface area contributed by atoms with Crippen LogP contribution in [0.2, 0.25) is 0 Å². The lowest BCUT2D eigenvalue weighted by Crippen LogP contribution is -2.56. The van der Waals surface area contributed by atoms with Crippen molar-refractivity contribution in [3.8, 4) is 11.1 Å². The van der Waals surface area contributed by atoms with E-state index in [-0.39, 0.29) is 32.0 Å². The summed E-state index contributed by atoms with van der Waals surface area (Å²) in [5.74, 6) is -2.38. The molecule has 0 saturated heterocycles. The highest BCUT2D eigenvalue weighted by Crippen LogP contribution is 2.44. The molecule has 0 radical (unpaired) electrons. The Hall–Kier alpha value is -5.39. The van der Waals surface area contributed by atoms with Crippen molar-refractivity contribution in [1.29, 1.82) is 0 Å². The molecule has 3 N–H and O–H groups in total. The van der Waals surface area contributed by atoms with Gasteiger partial charge in [0, 0.05) is 12.3 Å². The number of carbonyl (C=O) groups is 5. The van der Waals surface area contributed by atoms with Crippen molar-refractivity contribution in [2.45, 2.75) is 90.2 Å². The van der Waals surface area contributed by atoms with Gasteiger partial charge >= 0.3 is 24.1 Å². The minimum absolute atomic E-state index is 0.0379. The van der Waals surface area contributed by atoms with Crippen molar-refractivity contribution < 1.29 is 42.9 Å². The Balaban J connectivity index is 1.44. The third-order valence-electron chi connectivity index (χ3n) is 7.68. The van der Waals surface area contributed by atoms with Gasteiger partial charge in [0.1, 0.15) is 36.5 Å². The Bertz CT molecular complexity index is 1650. The lowest BCUT2D eigenvalue weighted by atomic mass is 9.98. The molecule has 4 rings (SSSR count). The molecule has 3 aromatic rings. The normalized spacial score (nSPS) is 13.5. The second-order valence-electron chi connectivity index (χ2n) is 14.2. The zero-order valence-electron chi connectivity index (χ0n) is 29.9. The van der Waals surface area contributed by atoms with Crippen molar-refractivity contribution in [2.75, 3.05) is 13.2 Å². The predicted molar refractivity (Wildman–Crippen MR) is 189 cm³/mol. The van der Waals surface area contributed by atoms with Gasteiger partial charge in [0.05, 0.1) is 6.54 Å². The summed E-state index contributed by atoms with van der Waals surface area (Å²) in [7, 11) is 0. The van der Waals surface area contributed by atoms with Gasteiger partial charge in [-0.25, -0.2) is 14.4 Å². The van der Waals surface area contributed by atoms with Crippen LogP contribution < -0.4 is 16.0 Å². The monoisotopic (exact) mass is 701 g/mol. The molecule has 0 spiro atoms. The van der Waals surface area contributed by atoms with Crippen LogP contribution in [0.5, 0.6) is 0 Å². The molecule has 0 fully saturated rings. The van der Waals surface area contributed by atoms with E-state index in [0.717, 1.165) is 27.8 Å². The largest absolute Gasteiger partial charge is 0.460 e. The van der Waals surface area contributed by atoms with Gasteiger partial charge < -0.3 is 34.9 Å². The number of esters is 2. The standard InChI is InChI=1S/C39H47N3O9/c1-38(2,3)50-33(43)21-20-31(35(45)48-23-25-14-8-7-9-15-25)41-34(44)32(42-37(47)51-39(4,5)6)22-40-36(46)49-24-30-28-18-12-10-16-26(28)27-17-11-13-19-29(27)30/h7-19,30-32H,20-24H2,1-6H3,(H,40,46)(H,41,44)(H,42,47)/t31-,32-/m1/s1. The highest BCUT2D eigenvalue weighted by molar-refractivity contribution is 5.90. The van der Waals surface area contributed by atoms with Crippen LogP contribution in [0.3, 0.4) is 0 Å². The molecular formula is C39H47N3O9. The van der Waals surface area contributed by atoms with Gasteiger partial charge in [0.15, 0.2) is 0 Å². The average molecular weight is 702 g/mol. The fraction of sp³-hybridized carbons (Fsp3) is 0.410. The highest BCUT2D eigenvalue weighted by Gasteiger charge is 2.32. The summed E-state index contributed by atoms with van der Waals surface area (Å²) in [6.45, 7) is 9.69. The first kappa shape index (κ1) is 38.4. The van der Waals surface area contributed by atoms with Crippen molar-refractivity contribution in [3.63, 3.8) is 0 Å². The van der Waals surface area contributed by atoms with Crippen LogP contribution in [-0.4, -0.2) is 66.5 Å². The van der Waals surface area contributed by atoms with Crippen LogP contribution in [0.1, 0.15) is 77.0 Å². The number of ether oxygens (including phenoxy) is 4. The van der Waals surface area contributed by atoms with E-state index in [9.17, 15) is 24.0 Å². The molecule has 0 aliphatic heterocycles. The topological polar surface area (TPSA) is 158 Å². The first-order chi connectivity index (χ1) is 24.1. The predicted octanol–water partition coefficient (Wildman–Crippen LogP) is 5.77. The maximum atomic E-state index is 13.7. The van der Waals surface area contributed by atoms with Gasteiger partial charge in [0.2, 0.25) is 5.91 Å². The molecule has 12 nitrogen and oxygen atoms in total. The molecule has 0 bridgehead atoms. The number of benzene rings is 3. The summed E-state index contributed by atoms with van der Waals surface area (Å²) >= 11 is 0. The fourth-order valence-electron chi connectivity index (χ4n) is 5.50. The Morgan fingerprint density at radius 1 is 0.667 bits per heavy atom. The zero-order valence-corrected chi connectivity index (χ0v) is 29.9. The van der Waals surface area contributed by atoms with Crippen LogP contribution in [0.15, 0.2) is 78.9 Å². The Morgan fingerprint density at radius 2 is 1.24 bits per heavy atom. The average Bonchev–Trinajstić information content (AvgIpc) is 3.38. The van der Waals surface area contributed by atoms with E-state index in [1.54, 1.807) is 65.8 Å². The van der Waals surface area contributed by atoms with Gasteiger partial charge in [-0.15, -0.1) is 0 Å². The summed E-state index contributed by atoms with van der Waals surface area (Å²) in [6, 6.07) is 22.1. The van der Waals surface area contributed by atoms with Crippen molar-refractivity contribution in [1.82, 2.24) is 16.0 Å². The molecule has 1 aliphatic rings. The summed E-state index contributed by atoms with van der Waals surface area (Å²) in [5.41, 5.74) is 3.30. The fourth-order valence-corrected chi connectivity index (χ4v) is 5.50. The smallest absolute Gasteiger partial charge is 0.408 e. The number of rotatable bonds is 13. The Kier molecular flexibility index (Phi) is 12.8. The third kappa shape index (κ3) is 11.9. The van der Waals surface area contributed by atoms with Gasteiger partial charge in [-0.2, -0.15) is 0 Å². The Labute approximate surface area is 298 Å². The number of nitrogens with one attached hydrogen (secondary N) is 3. The third-order valence-corrected chi connectivity index (χ3v) is 7.68. The first-order valence-corrected chi connectivity index (χ1v) is 16.9. The van der Waals surface area contributed by atoms with E-state index in [4.69, 9.17) is 18.9 Å². The van der Waals surface area contributed by atoms with Gasteiger partial charge in [-0.05, 0) is 75.8 Å². The van der Waals surface area contributed by atoms with E-state index < -0.39 is 59.9 Å². The molecule has 51 heavy (non-hydrogen) atoms. The lowest BCUT2D eigenvalue weighted by Gasteiger charge is -2.25. The quantitative estimate of drug-likeness (QED) is 0.149. The van der Waals surface area contributed by atoms with Gasteiger partial charge in [-0.3, -0.25) is 9.59 Å². The van der Waals surface area contributed by atoms with Gasteiger partial charge in [0.25, 0.3) is 0 Å².